The SMILES string of the molecule is CC(C)NC(=O)NC(=O)CSc1nc(C(C)C)n(-c2ccccc2)n1. The molecular formula is C17H23N5O2S. The molecule has 1 aromatic carbocycles. The number of para-hydroxylation sites is 1. The van der Waals surface area contributed by atoms with Gasteiger partial charge in [0, 0.05) is 12.0 Å². The summed E-state index contributed by atoms with van der Waals surface area (Å²) in [5.41, 5.74) is 0.923. The predicted molar refractivity (Wildman–Crippen MR) is 98.0 cm³/mol. The standard InChI is InChI=1S/C17H23N5O2S/c1-11(2)15-20-17(21-22(15)13-8-6-5-7-9-13)25-10-14(23)19-16(24)18-12(3)4/h5-9,11-12H,10H2,1-4H3,(H2,18,19,23,24). The minimum absolute atomic E-state index is 0.0303. The lowest BCUT2D eigenvalue weighted by atomic mass is 10.2. The normalized spacial score (nSPS) is 11.0. The molecule has 8 heteroatoms. The van der Waals surface area contributed by atoms with Gasteiger partial charge in [-0.1, -0.05) is 43.8 Å². The average molecular weight is 361 g/mol. The van der Waals surface area contributed by atoms with Crippen LogP contribution in [0.2, 0.25) is 0 Å². The number of carbonyl (C=O) groups excluding carboxylic acids is 2. The lowest BCUT2D eigenvalue weighted by Gasteiger charge is -2.08. The smallest absolute Gasteiger partial charge is 0.321 e. The Bertz CT molecular complexity index is 728. The number of nitrogens with zero attached hydrogens (tertiary/aromatic N) is 3. The monoisotopic (exact) mass is 361 g/mol. The molecule has 2 rings (SSSR count). The largest absolute Gasteiger partial charge is 0.336 e. The van der Waals surface area contributed by atoms with Gasteiger partial charge in [0.2, 0.25) is 11.1 Å². The first kappa shape index (κ1) is 19.0. The van der Waals surface area contributed by atoms with E-state index in [1.165, 1.54) is 11.8 Å². The van der Waals surface area contributed by atoms with Crippen molar-refractivity contribution in [3.05, 3.63) is 36.2 Å². The number of amides is 3. The molecule has 0 saturated carbocycles. The molecule has 2 N–H and O–H groups in total. The van der Waals surface area contributed by atoms with E-state index in [9.17, 15) is 9.59 Å². The minimum atomic E-state index is -0.494. The summed E-state index contributed by atoms with van der Waals surface area (Å²) in [6, 6.07) is 9.21. The summed E-state index contributed by atoms with van der Waals surface area (Å²) in [5, 5.41) is 9.89. The molecule has 1 aromatic heterocycles. The van der Waals surface area contributed by atoms with Crippen LogP contribution < -0.4 is 10.6 Å². The van der Waals surface area contributed by atoms with Crippen LogP contribution in [0.1, 0.15) is 39.4 Å². The van der Waals surface area contributed by atoms with E-state index in [1.54, 1.807) is 4.68 Å². The number of aromatic nitrogens is 3. The van der Waals surface area contributed by atoms with E-state index in [4.69, 9.17) is 0 Å². The Balaban J connectivity index is 2.03. The summed E-state index contributed by atoms with van der Waals surface area (Å²) < 4.78 is 1.79. The Labute approximate surface area is 151 Å². The van der Waals surface area contributed by atoms with E-state index in [0.717, 1.165) is 11.5 Å². The van der Waals surface area contributed by atoms with Crippen molar-refractivity contribution < 1.29 is 9.59 Å². The molecule has 3 amide bonds. The van der Waals surface area contributed by atoms with Crippen LogP contribution in [0.5, 0.6) is 0 Å². The lowest BCUT2D eigenvalue weighted by molar-refractivity contribution is -0.117. The average Bonchev–Trinajstić information content (AvgIpc) is 2.97. The highest BCUT2D eigenvalue weighted by Crippen LogP contribution is 2.21. The van der Waals surface area contributed by atoms with Gasteiger partial charge in [0.15, 0.2) is 0 Å². The van der Waals surface area contributed by atoms with Crippen molar-refractivity contribution in [1.82, 2.24) is 25.4 Å². The molecular weight excluding hydrogens is 338 g/mol. The first-order chi connectivity index (χ1) is 11.9. The summed E-state index contributed by atoms with van der Waals surface area (Å²) in [7, 11) is 0. The highest BCUT2D eigenvalue weighted by Gasteiger charge is 2.16. The third-order valence-electron chi connectivity index (χ3n) is 3.13. The molecule has 0 atom stereocenters. The Kier molecular flexibility index (Phi) is 6.58. The van der Waals surface area contributed by atoms with Gasteiger partial charge in [0.25, 0.3) is 0 Å². The van der Waals surface area contributed by atoms with Crippen LogP contribution in [-0.2, 0) is 4.79 Å². The van der Waals surface area contributed by atoms with Crippen LogP contribution in [-0.4, -0.2) is 38.5 Å². The van der Waals surface area contributed by atoms with Crippen LogP contribution in [0.4, 0.5) is 4.79 Å². The summed E-state index contributed by atoms with van der Waals surface area (Å²) in [4.78, 5) is 27.9. The maximum Gasteiger partial charge on any atom is 0.321 e. The Hall–Kier alpha value is -2.35. The van der Waals surface area contributed by atoms with Crippen molar-refractivity contribution in [2.24, 2.45) is 0 Å². The molecule has 2 aromatic rings. The van der Waals surface area contributed by atoms with Crippen molar-refractivity contribution in [2.45, 2.75) is 44.8 Å². The zero-order chi connectivity index (χ0) is 18.4. The van der Waals surface area contributed by atoms with Crippen molar-refractivity contribution >= 4 is 23.7 Å². The number of urea groups is 1. The van der Waals surface area contributed by atoms with E-state index in [2.05, 4.69) is 20.7 Å². The predicted octanol–water partition coefficient (Wildman–Crippen LogP) is 2.72. The lowest BCUT2D eigenvalue weighted by Crippen LogP contribution is -2.43. The third kappa shape index (κ3) is 5.60. The van der Waals surface area contributed by atoms with Crippen LogP contribution in [0, 0.1) is 0 Å². The van der Waals surface area contributed by atoms with E-state index in [0.29, 0.717) is 5.16 Å². The zero-order valence-corrected chi connectivity index (χ0v) is 15.6. The highest BCUT2D eigenvalue weighted by molar-refractivity contribution is 7.99. The minimum Gasteiger partial charge on any atom is -0.336 e. The number of hydrogen-bond donors (Lipinski definition) is 2. The molecule has 0 unspecified atom stereocenters. The first-order valence-electron chi connectivity index (χ1n) is 8.12. The van der Waals surface area contributed by atoms with E-state index in [1.807, 2.05) is 58.0 Å². The number of carbonyl (C=O) groups is 2. The van der Waals surface area contributed by atoms with Crippen molar-refractivity contribution in [2.75, 3.05) is 5.75 Å². The molecule has 134 valence electrons. The molecule has 0 saturated heterocycles. The molecule has 7 nitrogen and oxygen atoms in total. The van der Waals surface area contributed by atoms with Gasteiger partial charge in [-0.05, 0) is 26.0 Å². The van der Waals surface area contributed by atoms with Gasteiger partial charge < -0.3 is 5.32 Å². The summed E-state index contributed by atoms with van der Waals surface area (Å²) >= 11 is 1.20. The number of imide groups is 1. The fourth-order valence-electron chi connectivity index (χ4n) is 2.09. The molecule has 25 heavy (non-hydrogen) atoms. The third-order valence-corrected chi connectivity index (χ3v) is 3.97. The van der Waals surface area contributed by atoms with Crippen molar-refractivity contribution in [1.29, 1.82) is 0 Å². The molecule has 0 aliphatic heterocycles. The molecule has 0 bridgehead atoms. The van der Waals surface area contributed by atoms with Crippen molar-refractivity contribution in [3.63, 3.8) is 0 Å². The molecule has 0 spiro atoms. The quantitative estimate of drug-likeness (QED) is 0.772. The second-order valence-electron chi connectivity index (χ2n) is 6.12. The number of thioether (sulfide) groups is 1. The fraction of sp³-hybridized carbons (Fsp3) is 0.412. The van der Waals surface area contributed by atoms with Gasteiger partial charge in [0.05, 0.1) is 11.4 Å². The Morgan fingerprint density at radius 2 is 1.84 bits per heavy atom. The van der Waals surface area contributed by atoms with E-state index >= 15 is 0 Å². The number of hydrogen-bond acceptors (Lipinski definition) is 5. The Morgan fingerprint density at radius 3 is 2.44 bits per heavy atom. The second kappa shape index (κ2) is 8.66. The van der Waals surface area contributed by atoms with Gasteiger partial charge in [-0.2, -0.15) is 0 Å². The van der Waals surface area contributed by atoms with Crippen LogP contribution in [0.25, 0.3) is 5.69 Å². The molecule has 0 fully saturated rings. The topological polar surface area (TPSA) is 88.9 Å². The molecule has 0 radical (unpaired) electrons. The summed E-state index contributed by atoms with van der Waals surface area (Å²) in [5.74, 6) is 0.701. The number of nitrogens with one attached hydrogen (secondary N) is 2. The zero-order valence-electron chi connectivity index (χ0n) is 14.8. The van der Waals surface area contributed by atoms with Gasteiger partial charge in [-0.25, -0.2) is 14.5 Å². The summed E-state index contributed by atoms with van der Waals surface area (Å²) in [6.45, 7) is 7.74. The van der Waals surface area contributed by atoms with Gasteiger partial charge in [-0.3, -0.25) is 10.1 Å². The van der Waals surface area contributed by atoms with Gasteiger partial charge in [0.1, 0.15) is 5.82 Å². The highest BCUT2D eigenvalue weighted by atomic mass is 32.2. The molecule has 1 heterocycles. The number of rotatable bonds is 6. The van der Waals surface area contributed by atoms with Crippen LogP contribution in [0.3, 0.4) is 0 Å². The van der Waals surface area contributed by atoms with Crippen molar-refractivity contribution in [3.8, 4) is 5.69 Å². The summed E-state index contributed by atoms with van der Waals surface area (Å²) in [6.07, 6.45) is 0. The maximum atomic E-state index is 11.8. The number of benzene rings is 1. The van der Waals surface area contributed by atoms with Gasteiger partial charge >= 0.3 is 6.03 Å². The molecule has 0 aliphatic rings. The second-order valence-corrected chi connectivity index (χ2v) is 7.06. The van der Waals surface area contributed by atoms with E-state index < -0.39 is 6.03 Å². The Morgan fingerprint density at radius 1 is 1.16 bits per heavy atom. The maximum absolute atomic E-state index is 11.8. The first-order valence-corrected chi connectivity index (χ1v) is 9.11. The van der Waals surface area contributed by atoms with E-state index in [-0.39, 0.29) is 23.6 Å². The molecule has 0 aliphatic carbocycles. The van der Waals surface area contributed by atoms with Crippen LogP contribution in [0.15, 0.2) is 35.5 Å². The van der Waals surface area contributed by atoms with Crippen LogP contribution >= 0.6 is 11.8 Å². The fourth-order valence-corrected chi connectivity index (χ4v) is 2.72. The van der Waals surface area contributed by atoms with Gasteiger partial charge in [-0.15, -0.1) is 5.10 Å².